The highest BCUT2D eigenvalue weighted by molar-refractivity contribution is 5.95. The van der Waals surface area contributed by atoms with Crippen LogP contribution >= 0.6 is 0 Å². The summed E-state index contributed by atoms with van der Waals surface area (Å²) in [4.78, 5) is 12.3. The van der Waals surface area contributed by atoms with Gasteiger partial charge in [-0.25, -0.2) is 4.79 Å². The molecule has 116 valence electrons. The Morgan fingerprint density at radius 1 is 1.33 bits per heavy atom. The summed E-state index contributed by atoms with van der Waals surface area (Å²) in [5, 5.41) is 0. The first-order valence-electron chi connectivity index (χ1n) is 7.45. The lowest BCUT2D eigenvalue weighted by atomic mass is 9.71. The van der Waals surface area contributed by atoms with Crippen LogP contribution in [0.15, 0.2) is 18.2 Å². The van der Waals surface area contributed by atoms with Gasteiger partial charge in [0.05, 0.1) is 12.7 Å². The third-order valence-corrected chi connectivity index (χ3v) is 4.10. The largest absolute Gasteiger partial charge is 0.497 e. The number of carbonyl (C=O) groups is 1. The molecule has 4 nitrogen and oxygen atoms in total. The summed E-state index contributed by atoms with van der Waals surface area (Å²) in [7, 11) is 1.57. The molecule has 0 heterocycles. The number of hydrogen-bond donors (Lipinski definition) is 1. The van der Waals surface area contributed by atoms with E-state index in [2.05, 4.69) is 20.8 Å². The van der Waals surface area contributed by atoms with Gasteiger partial charge in [0.1, 0.15) is 11.9 Å². The van der Waals surface area contributed by atoms with Crippen LogP contribution in [0.3, 0.4) is 0 Å². The van der Waals surface area contributed by atoms with Gasteiger partial charge in [0, 0.05) is 11.8 Å². The SMILES string of the molecule is COc1ccc(C(=O)OC2CC(C)CC(C)(C)C2)c(N)c1. The Hall–Kier alpha value is -1.71. The number of nitrogens with two attached hydrogens (primary N) is 1. The number of nitrogen functional groups attached to an aromatic ring is 1. The number of benzene rings is 1. The molecule has 1 fully saturated rings. The molecular weight excluding hydrogens is 266 g/mol. The van der Waals surface area contributed by atoms with Crippen molar-refractivity contribution >= 4 is 11.7 Å². The smallest absolute Gasteiger partial charge is 0.340 e. The average molecular weight is 291 g/mol. The van der Waals surface area contributed by atoms with Crippen molar-refractivity contribution in [2.45, 2.75) is 46.1 Å². The molecule has 0 bridgehead atoms. The fourth-order valence-electron chi connectivity index (χ4n) is 3.42. The molecule has 0 aromatic heterocycles. The van der Waals surface area contributed by atoms with Crippen molar-refractivity contribution < 1.29 is 14.3 Å². The van der Waals surface area contributed by atoms with E-state index >= 15 is 0 Å². The van der Waals surface area contributed by atoms with Gasteiger partial charge in [-0.15, -0.1) is 0 Å². The minimum Gasteiger partial charge on any atom is -0.497 e. The van der Waals surface area contributed by atoms with E-state index in [1.807, 2.05) is 0 Å². The summed E-state index contributed by atoms with van der Waals surface area (Å²) in [6.45, 7) is 6.67. The molecule has 21 heavy (non-hydrogen) atoms. The van der Waals surface area contributed by atoms with Gasteiger partial charge in [-0.3, -0.25) is 0 Å². The van der Waals surface area contributed by atoms with Gasteiger partial charge >= 0.3 is 5.97 Å². The number of esters is 1. The predicted octanol–water partition coefficient (Wildman–Crippen LogP) is 3.65. The highest BCUT2D eigenvalue weighted by Gasteiger charge is 2.34. The molecule has 2 atom stereocenters. The van der Waals surface area contributed by atoms with E-state index in [9.17, 15) is 4.79 Å². The maximum absolute atomic E-state index is 12.3. The van der Waals surface area contributed by atoms with E-state index in [1.54, 1.807) is 25.3 Å². The molecular formula is C17H25NO3. The zero-order chi connectivity index (χ0) is 15.6. The highest BCUT2D eigenvalue weighted by atomic mass is 16.5. The second kappa shape index (κ2) is 5.96. The summed E-state index contributed by atoms with van der Waals surface area (Å²) in [5.74, 6) is 0.862. The Morgan fingerprint density at radius 3 is 2.62 bits per heavy atom. The lowest BCUT2D eigenvalue weighted by molar-refractivity contribution is -0.00704. The Kier molecular flexibility index (Phi) is 4.45. The van der Waals surface area contributed by atoms with Crippen molar-refractivity contribution in [3.05, 3.63) is 23.8 Å². The summed E-state index contributed by atoms with van der Waals surface area (Å²) < 4.78 is 10.8. The van der Waals surface area contributed by atoms with E-state index < -0.39 is 0 Å². The molecule has 1 aromatic carbocycles. The van der Waals surface area contributed by atoms with Gasteiger partial charge in [-0.1, -0.05) is 20.8 Å². The van der Waals surface area contributed by atoms with Gasteiger partial charge in [-0.2, -0.15) is 0 Å². The first kappa shape index (κ1) is 15.7. The van der Waals surface area contributed by atoms with Crippen molar-refractivity contribution in [3.8, 4) is 5.75 Å². The van der Waals surface area contributed by atoms with Crippen LogP contribution in [0.1, 0.15) is 50.4 Å². The predicted molar refractivity (Wildman–Crippen MR) is 83.4 cm³/mol. The summed E-state index contributed by atoms with van der Waals surface area (Å²) in [6.07, 6.45) is 2.97. The zero-order valence-electron chi connectivity index (χ0n) is 13.3. The van der Waals surface area contributed by atoms with Gasteiger partial charge in [-0.05, 0) is 42.7 Å². The molecule has 2 N–H and O–H groups in total. The quantitative estimate of drug-likeness (QED) is 0.682. The fraction of sp³-hybridized carbons (Fsp3) is 0.588. The molecule has 0 spiro atoms. The second-order valence-electron chi connectivity index (χ2n) is 6.89. The van der Waals surface area contributed by atoms with Gasteiger partial charge in [0.2, 0.25) is 0 Å². The molecule has 0 aliphatic heterocycles. The monoisotopic (exact) mass is 291 g/mol. The lowest BCUT2D eigenvalue weighted by Gasteiger charge is -2.38. The summed E-state index contributed by atoms with van der Waals surface area (Å²) in [5.41, 5.74) is 6.92. The first-order chi connectivity index (χ1) is 9.80. The fourth-order valence-corrected chi connectivity index (χ4v) is 3.42. The van der Waals surface area contributed by atoms with Crippen LogP contribution in [0, 0.1) is 11.3 Å². The molecule has 0 amide bonds. The van der Waals surface area contributed by atoms with E-state index in [4.69, 9.17) is 15.2 Å². The van der Waals surface area contributed by atoms with Crippen LogP contribution in [-0.4, -0.2) is 19.2 Å². The van der Waals surface area contributed by atoms with E-state index in [0.29, 0.717) is 22.9 Å². The number of hydrogen-bond acceptors (Lipinski definition) is 4. The van der Waals surface area contributed by atoms with Crippen LogP contribution < -0.4 is 10.5 Å². The van der Waals surface area contributed by atoms with Gasteiger partial charge < -0.3 is 15.2 Å². The molecule has 0 saturated heterocycles. The normalized spacial score (nSPS) is 24.4. The minimum absolute atomic E-state index is 0.0299. The molecule has 1 aliphatic rings. The van der Waals surface area contributed by atoms with Gasteiger partial charge in [0.15, 0.2) is 0 Å². The molecule has 1 aliphatic carbocycles. The van der Waals surface area contributed by atoms with Crippen molar-refractivity contribution in [1.29, 1.82) is 0 Å². The second-order valence-corrected chi connectivity index (χ2v) is 6.89. The minimum atomic E-state index is -0.343. The van der Waals surface area contributed by atoms with Gasteiger partial charge in [0.25, 0.3) is 0 Å². The molecule has 2 rings (SSSR count). The lowest BCUT2D eigenvalue weighted by Crippen LogP contribution is -2.34. The number of rotatable bonds is 3. The topological polar surface area (TPSA) is 61.5 Å². The van der Waals surface area contributed by atoms with Crippen molar-refractivity contribution in [1.82, 2.24) is 0 Å². The Morgan fingerprint density at radius 2 is 2.05 bits per heavy atom. The Bertz CT molecular complexity index is 525. The van der Waals surface area contributed by atoms with Crippen LogP contribution in [0.4, 0.5) is 5.69 Å². The standard InChI is InChI=1S/C17H25NO3/c1-11-7-13(10-17(2,3)9-11)21-16(19)14-6-5-12(20-4)8-15(14)18/h5-6,8,11,13H,7,9-10,18H2,1-4H3. The summed E-state index contributed by atoms with van der Waals surface area (Å²) in [6, 6.07) is 5.03. The van der Waals surface area contributed by atoms with Crippen molar-refractivity contribution in [2.75, 3.05) is 12.8 Å². The third-order valence-electron chi connectivity index (χ3n) is 4.10. The number of methoxy groups -OCH3 is 1. The van der Waals surface area contributed by atoms with Crippen LogP contribution in [0.5, 0.6) is 5.75 Å². The molecule has 1 saturated carbocycles. The average Bonchev–Trinajstić information content (AvgIpc) is 2.35. The maximum atomic E-state index is 12.3. The highest BCUT2D eigenvalue weighted by Crippen LogP contribution is 2.40. The molecule has 1 aromatic rings. The molecule has 0 radical (unpaired) electrons. The van der Waals surface area contributed by atoms with E-state index in [0.717, 1.165) is 12.8 Å². The number of anilines is 1. The maximum Gasteiger partial charge on any atom is 0.340 e. The van der Waals surface area contributed by atoms with Crippen molar-refractivity contribution in [2.24, 2.45) is 11.3 Å². The van der Waals surface area contributed by atoms with E-state index in [1.165, 1.54) is 6.42 Å². The molecule has 4 heteroatoms. The van der Waals surface area contributed by atoms with Crippen LogP contribution in [0.2, 0.25) is 0 Å². The zero-order valence-corrected chi connectivity index (χ0v) is 13.3. The van der Waals surface area contributed by atoms with Crippen LogP contribution in [-0.2, 0) is 4.74 Å². The number of carbonyl (C=O) groups excluding carboxylic acids is 1. The summed E-state index contributed by atoms with van der Waals surface area (Å²) >= 11 is 0. The number of ether oxygens (including phenoxy) is 2. The Balaban J connectivity index is 2.07. The molecule has 2 unspecified atom stereocenters. The van der Waals surface area contributed by atoms with Crippen molar-refractivity contribution in [3.63, 3.8) is 0 Å². The van der Waals surface area contributed by atoms with E-state index in [-0.39, 0.29) is 17.5 Å². The third kappa shape index (κ3) is 3.90. The Labute approximate surface area is 126 Å². The van der Waals surface area contributed by atoms with Crippen LogP contribution in [0.25, 0.3) is 0 Å². The first-order valence-corrected chi connectivity index (χ1v) is 7.45.